The average Bonchev–Trinajstić information content (AvgIpc) is 2.67. The first-order valence-electron chi connectivity index (χ1n) is 4.40. The van der Waals surface area contributed by atoms with Crippen LogP contribution in [0.2, 0.25) is 10.0 Å². The molecule has 1 aromatic carbocycles. The summed E-state index contributed by atoms with van der Waals surface area (Å²) in [7, 11) is 0. The van der Waals surface area contributed by atoms with Gasteiger partial charge in [-0.2, -0.15) is 0 Å². The van der Waals surface area contributed by atoms with Gasteiger partial charge in [0.1, 0.15) is 4.33 Å². The quantitative estimate of drug-likeness (QED) is 0.839. The molecule has 0 heterocycles. The Morgan fingerprint density at radius 1 is 1.19 bits per heavy atom. The summed E-state index contributed by atoms with van der Waals surface area (Å²) in [6, 6.07) is 4.82. The third-order valence-electron chi connectivity index (χ3n) is 2.56. The van der Waals surface area contributed by atoms with E-state index in [4.69, 9.17) is 51.5 Å². The number of hydrogen-bond donors (Lipinski definition) is 1. The fraction of sp³-hybridized carbons (Fsp3) is 0.300. The van der Waals surface area contributed by atoms with Crippen molar-refractivity contribution in [2.75, 3.05) is 0 Å². The monoisotopic (exact) mass is 298 g/mol. The highest BCUT2D eigenvalue weighted by Crippen LogP contribution is 2.65. The van der Waals surface area contributed by atoms with E-state index in [0.29, 0.717) is 15.6 Å². The highest BCUT2D eigenvalue weighted by atomic mass is 35.5. The topological polar surface area (TPSA) is 37.3 Å². The molecular weight excluding hydrogens is 294 g/mol. The Morgan fingerprint density at radius 2 is 1.69 bits per heavy atom. The van der Waals surface area contributed by atoms with Crippen molar-refractivity contribution in [2.24, 2.45) is 5.92 Å². The molecule has 0 amide bonds. The highest BCUT2D eigenvalue weighted by molar-refractivity contribution is 6.53. The highest BCUT2D eigenvalue weighted by Gasteiger charge is 2.68. The zero-order valence-electron chi connectivity index (χ0n) is 7.75. The van der Waals surface area contributed by atoms with Crippen molar-refractivity contribution in [1.29, 1.82) is 0 Å². The van der Waals surface area contributed by atoms with Crippen LogP contribution in [0.25, 0.3) is 0 Å². The SMILES string of the molecule is O=C(O)[C@H]1[C@H](c2cc(Cl)cc(Cl)c2)C1(Cl)Cl. The molecule has 0 aromatic heterocycles. The lowest BCUT2D eigenvalue weighted by atomic mass is 10.1. The van der Waals surface area contributed by atoms with Crippen molar-refractivity contribution < 1.29 is 9.90 Å². The fourth-order valence-electron chi connectivity index (χ4n) is 1.80. The molecule has 1 saturated carbocycles. The van der Waals surface area contributed by atoms with Gasteiger partial charge in [0.15, 0.2) is 0 Å². The maximum absolute atomic E-state index is 10.9. The molecule has 0 aliphatic heterocycles. The van der Waals surface area contributed by atoms with Crippen LogP contribution in [0.1, 0.15) is 11.5 Å². The van der Waals surface area contributed by atoms with Crippen molar-refractivity contribution in [3.05, 3.63) is 33.8 Å². The average molecular weight is 300 g/mol. The summed E-state index contributed by atoms with van der Waals surface area (Å²) in [6.45, 7) is 0. The third-order valence-corrected chi connectivity index (χ3v) is 3.94. The molecule has 16 heavy (non-hydrogen) atoms. The van der Waals surface area contributed by atoms with Crippen LogP contribution >= 0.6 is 46.4 Å². The minimum atomic E-state index is -1.28. The van der Waals surface area contributed by atoms with Gasteiger partial charge in [0.05, 0.1) is 5.92 Å². The lowest BCUT2D eigenvalue weighted by molar-refractivity contribution is -0.138. The van der Waals surface area contributed by atoms with Crippen molar-refractivity contribution in [1.82, 2.24) is 0 Å². The van der Waals surface area contributed by atoms with E-state index in [9.17, 15) is 4.79 Å². The summed E-state index contributed by atoms with van der Waals surface area (Å²) in [5.41, 5.74) is 0.648. The number of rotatable bonds is 2. The Kier molecular flexibility index (Phi) is 3.04. The Morgan fingerprint density at radius 3 is 2.06 bits per heavy atom. The van der Waals surface area contributed by atoms with E-state index >= 15 is 0 Å². The number of alkyl halides is 2. The van der Waals surface area contributed by atoms with E-state index < -0.39 is 22.1 Å². The normalized spacial score (nSPS) is 26.5. The standard InChI is InChI=1S/C10H6Cl4O2/c11-5-1-4(2-6(12)3-5)7-8(9(15)16)10(7,13)14/h1-3,7-8H,(H,15,16)/t7-,8+/m0/s1. The molecule has 86 valence electrons. The molecule has 2 nitrogen and oxygen atoms in total. The maximum Gasteiger partial charge on any atom is 0.310 e. The van der Waals surface area contributed by atoms with Crippen LogP contribution in [0.5, 0.6) is 0 Å². The number of carboxylic acid groups (broad SMARTS) is 1. The lowest BCUT2D eigenvalue weighted by Gasteiger charge is -2.02. The fourth-order valence-corrected chi connectivity index (χ4v) is 3.16. The molecule has 2 rings (SSSR count). The molecule has 0 unspecified atom stereocenters. The molecule has 1 aliphatic carbocycles. The van der Waals surface area contributed by atoms with Gasteiger partial charge in [-0.3, -0.25) is 4.79 Å². The number of aliphatic carboxylic acids is 1. The van der Waals surface area contributed by atoms with Gasteiger partial charge in [-0.25, -0.2) is 0 Å². The minimum absolute atomic E-state index is 0.433. The van der Waals surface area contributed by atoms with Crippen LogP contribution in [0.15, 0.2) is 18.2 Å². The van der Waals surface area contributed by atoms with Crippen molar-refractivity contribution in [3.63, 3.8) is 0 Å². The summed E-state index contributed by atoms with van der Waals surface area (Å²) in [4.78, 5) is 10.9. The second-order valence-electron chi connectivity index (χ2n) is 3.67. The number of halogens is 4. The summed E-state index contributed by atoms with van der Waals surface area (Å²) in [5.74, 6) is -2.30. The number of benzene rings is 1. The van der Waals surface area contributed by atoms with Gasteiger partial charge >= 0.3 is 5.97 Å². The molecule has 6 heteroatoms. The van der Waals surface area contributed by atoms with Gasteiger partial charge in [-0.1, -0.05) is 46.4 Å². The molecule has 1 N–H and O–H groups in total. The van der Waals surface area contributed by atoms with Gasteiger partial charge < -0.3 is 5.11 Å². The molecule has 0 spiro atoms. The van der Waals surface area contributed by atoms with Crippen LogP contribution in [-0.2, 0) is 4.79 Å². The van der Waals surface area contributed by atoms with Crippen molar-refractivity contribution in [3.8, 4) is 0 Å². The molecule has 2 atom stereocenters. The second kappa shape index (κ2) is 3.95. The molecule has 1 fully saturated rings. The molecule has 0 bridgehead atoms. The summed E-state index contributed by atoms with van der Waals surface area (Å²) in [5, 5.41) is 9.79. The molecule has 0 radical (unpaired) electrons. The van der Waals surface area contributed by atoms with E-state index in [1.807, 2.05) is 0 Å². The van der Waals surface area contributed by atoms with Crippen LogP contribution in [0.3, 0.4) is 0 Å². The van der Waals surface area contributed by atoms with Crippen LogP contribution < -0.4 is 0 Å². The van der Waals surface area contributed by atoms with Gasteiger partial charge in [0.2, 0.25) is 0 Å². The number of hydrogen-bond acceptors (Lipinski definition) is 1. The summed E-state index contributed by atoms with van der Waals surface area (Å²) >= 11 is 23.5. The van der Waals surface area contributed by atoms with E-state index in [1.54, 1.807) is 18.2 Å². The third kappa shape index (κ3) is 2.00. The smallest absolute Gasteiger partial charge is 0.310 e. The van der Waals surface area contributed by atoms with E-state index in [2.05, 4.69) is 0 Å². The Labute approximate surface area is 112 Å². The summed E-state index contributed by atoms with van der Waals surface area (Å²) in [6.07, 6.45) is 0. The first-order valence-corrected chi connectivity index (χ1v) is 5.92. The van der Waals surface area contributed by atoms with Crippen LogP contribution in [-0.4, -0.2) is 15.4 Å². The second-order valence-corrected chi connectivity index (χ2v) is 5.99. The van der Waals surface area contributed by atoms with E-state index in [0.717, 1.165) is 0 Å². The molecule has 0 saturated heterocycles. The van der Waals surface area contributed by atoms with E-state index in [1.165, 1.54) is 0 Å². The van der Waals surface area contributed by atoms with Gasteiger partial charge in [-0.05, 0) is 23.8 Å². The predicted octanol–water partition coefficient (Wildman–Crippen LogP) is 3.97. The van der Waals surface area contributed by atoms with Gasteiger partial charge in [0.25, 0.3) is 0 Å². The minimum Gasteiger partial charge on any atom is -0.481 e. The Balaban J connectivity index is 2.37. The van der Waals surface area contributed by atoms with Crippen LogP contribution in [0.4, 0.5) is 0 Å². The Bertz CT molecular complexity index is 438. The first-order chi connectivity index (χ1) is 7.34. The zero-order valence-corrected chi connectivity index (χ0v) is 10.8. The van der Waals surface area contributed by atoms with Gasteiger partial charge in [-0.15, -0.1) is 0 Å². The van der Waals surface area contributed by atoms with Crippen molar-refractivity contribution >= 4 is 52.4 Å². The van der Waals surface area contributed by atoms with Crippen molar-refractivity contribution in [2.45, 2.75) is 10.3 Å². The maximum atomic E-state index is 10.9. The van der Waals surface area contributed by atoms with E-state index in [-0.39, 0.29) is 0 Å². The number of carboxylic acids is 1. The van der Waals surface area contributed by atoms with Crippen LogP contribution in [0, 0.1) is 5.92 Å². The largest absolute Gasteiger partial charge is 0.481 e. The Hall–Kier alpha value is -0.150. The first kappa shape index (κ1) is 12.3. The lowest BCUT2D eigenvalue weighted by Crippen LogP contribution is -2.03. The molecular formula is C10H6Cl4O2. The number of carbonyl (C=O) groups is 1. The summed E-state index contributed by atoms with van der Waals surface area (Å²) < 4.78 is -1.28. The van der Waals surface area contributed by atoms with Gasteiger partial charge in [0, 0.05) is 16.0 Å². The zero-order chi connectivity index (χ0) is 12.1. The molecule has 1 aromatic rings. The molecule has 1 aliphatic rings. The predicted molar refractivity (Wildman–Crippen MR) is 64.8 cm³/mol.